The van der Waals surface area contributed by atoms with Crippen LogP contribution in [0.2, 0.25) is 0 Å². The van der Waals surface area contributed by atoms with E-state index in [9.17, 15) is 19.8 Å². The molecule has 0 saturated heterocycles. The Hall–Kier alpha value is -1.14. The van der Waals surface area contributed by atoms with Crippen LogP contribution < -0.4 is 5.32 Å². The van der Waals surface area contributed by atoms with Crippen LogP contribution in [0.15, 0.2) is 0 Å². The molecule has 6 nitrogen and oxygen atoms in total. The predicted octanol–water partition coefficient (Wildman–Crippen LogP) is 24.9. The molecular weight excluding hydrogens is 1010 g/mol. The zero-order valence-corrected chi connectivity index (χ0v) is 56.3. The van der Waals surface area contributed by atoms with Crippen LogP contribution in [-0.4, -0.2) is 47.4 Å². The third-order valence-corrected chi connectivity index (χ3v) is 18.4. The van der Waals surface area contributed by atoms with E-state index in [2.05, 4.69) is 19.2 Å². The fourth-order valence-electron chi connectivity index (χ4n) is 12.6. The number of rotatable bonds is 73. The van der Waals surface area contributed by atoms with Gasteiger partial charge in [-0.05, 0) is 25.7 Å². The number of aliphatic hydroxyl groups is 2. The molecule has 0 aromatic rings. The van der Waals surface area contributed by atoms with Gasteiger partial charge in [0.1, 0.15) is 0 Å². The molecule has 0 aromatic heterocycles. The second-order valence-electron chi connectivity index (χ2n) is 26.7. The highest BCUT2D eigenvalue weighted by molar-refractivity contribution is 5.76. The standard InChI is InChI=1S/C76H151NO5/c1-3-5-7-9-11-13-15-17-19-21-23-24-25-26-27-30-33-36-40-44-48-52-56-60-64-68-74(79)73(72-78)77-75(80)69-65-61-57-53-49-45-41-37-34-31-28-29-32-35-39-43-47-51-55-59-63-67-71-82-76(81)70-66-62-58-54-50-46-42-38-22-20-18-16-14-12-10-8-6-4-2/h73-74,78-79H,3-72H2,1-2H3,(H,77,80). The lowest BCUT2D eigenvalue weighted by Gasteiger charge is -2.22. The van der Waals surface area contributed by atoms with Crippen LogP contribution in [0, 0.1) is 0 Å². The number of hydrogen-bond acceptors (Lipinski definition) is 5. The third-order valence-electron chi connectivity index (χ3n) is 18.4. The molecule has 1 amide bonds. The van der Waals surface area contributed by atoms with Crippen molar-refractivity contribution >= 4 is 11.9 Å². The van der Waals surface area contributed by atoms with Gasteiger partial charge < -0.3 is 20.3 Å². The summed E-state index contributed by atoms with van der Waals surface area (Å²) in [7, 11) is 0. The first kappa shape index (κ1) is 80.9. The van der Waals surface area contributed by atoms with E-state index < -0.39 is 12.1 Å². The molecule has 0 rings (SSSR count). The Bertz CT molecular complexity index is 1200. The molecule has 2 unspecified atom stereocenters. The van der Waals surface area contributed by atoms with Crippen molar-refractivity contribution in [2.75, 3.05) is 13.2 Å². The summed E-state index contributed by atoms with van der Waals surface area (Å²) in [6.45, 7) is 5.02. The molecule has 6 heteroatoms. The zero-order valence-electron chi connectivity index (χ0n) is 56.3. The number of aliphatic hydroxyl groups excluding tert-OH is 2. The van der Waals surface area contributed by atoms with Crippen molar-refractivity contribution in [2.24, 2.45) is 0 Å². The van der Waals surface area contributed by atoms with E-state index in [0.717, 1.165) is 38.5 Å². The second kappa shape index (κ2) is 72.3. The van der Waals surface area contributed by atoms with Gasteiger partial charge in [0.25, 0.3) is 0 Å². The number of hydrogen-bond donors (Lipinski definition) is 3. The Labute approximate surface area is 515 Å². The first-order valence-corrected chi connectivity index (χ1v) is 38.3. The van der Waals surface area contributed by atoms with E-state index in [1.807, 2.05) is 0 Å². The van der Waals surface area contributed by atoms with Crippen LogP contribution in [-0.2, 0) is 14.3 Å². The van der Waals surface area contributed by atoms with Gasteiger partial charge in [0, 0.05) is 12.8 Å². The van der Waals surface area contributed by atoms with Crippen molar-refractivity contribution in [3.05, 3.63) is 0 Å². The maximum Gasteiger partial charge on any atom is 0.305 e. The monoisotopic (exact) mass is 1160 g/mol. The number of nitrogens with one attached hydrogen (secondary N) is 1. The van der Waals surface area contributed by atoms with Gasteiger partial charge in [-0.25, -0.2) is 0 Å². The van der Waals surface area contributed by atoms with Crippen molar-refractivity contribution < 1.29 is 24.5 Å². The van der Waals surface area contributed by atoms with Crippen LogP contribution >= 0.6 is 0 Å². The van der Waals surface area contributed by atoms with E-state index in [1.54, 1.807) is 0 Å². The van der Waals surface area contributed by atoms with Crippen molar-refractivity contribution in [3.63, 3.8) is 0 Å². The van der Waals surface area contributed by atoms with Gasteiger partial charge >= 0.3 is 5.97 Å². The van der Waals surface area contributed by atoms with Crippen molar-refractivity contribution in [3.8, 4) is 0 Å². The topological polar surface area (TPSA) is 95.9 Å². The summed E-state index contributed by atoms with van der Waals surface area (Å²) in [6, 6.07) is -0.542. The summed E-state index contributed by atoms with van der Waals surface area (Å²) in [5.41, 5.74) is 0. The highest BCUT2D eigenvalue weighted by Gasteiger charge is 2.20. The maximum absolute atomic E-state index is 12.6. The molecule has 0 bridgehead atoms. The van der Waals surface area contributed by atoms with Crippen LogP contribution in [0.3, 0.4) is 0 Å². The molecule has 0 spiro atoms. The first-order chi connectivity index (χ1) is 40.5. The molecule has 0 aliphatic carbocycles. The Kier molecular flexibility index (Phi) is 71.3. The first-order valence-electron chi connectivity index (χ1n) is 38.3. The Morgan fingerprint density at radius 3 is 0.744 bits per heavy atom. The molecule has 0 aliphatic rings. The summed E-state index contributed by atoms with van der Waals surface area (Å²) >= 11 is 0. The van der Waals surface area contributed by atoms with Crippen molar-refractivity contribution in [1.29, 1.82) is 0 Å². The van der Waals surface area contributed by atoms with Crippen LogP contribution in [0.5, 0.6) is 0 Å². The summed E-state index contributed by atoms with van der Waals surface area (Å²) in [5.74, 6) is -0.00892. The fourth-order valence-corrected chi connectivity index (χ4v) is 12.6. The second-order valence-corrected chi connectivity index (χ2v) is 26.7. The molecule has 0 saturated carbocycles. The van der Waals surface area contributed by atoms with Gasteiger partial charge in [0.05, 0.1) is 25.4 Å². The minimum atomic E-state index is -0.665. The number of esters is 1. The van der Waals surface area contributed by atoms with Gasteiger partial charge in [-0.1, -0.05) is 412 Å². The molecule has 0 aromatic carbocycles. The number of ether oxygens (including phenoxy) is 1. The molecule has 490 valence electrons. The quantitative estimate of drug-likeness (QED) is 0.0417. The largest absolute Gasteiger partial charge is 0.466 e. The van der Waals surface area contributed by atoms with Gasteiger partial charge in [-0.2, -0.15) is 0 Å². The molecule has 0 radical (unpaired) electrons. The molecular formula is C76H151NO5. The molecule has 2 atom stereocenters. The molecule has 3 N–H and O–H groups in total. The van der Waals surface area contributed by atoms with Crippen molar-refractivity contribution in [1.82, 2.24) is 5.32 Å². The number of unbranched alkanes of at least 4 members (excludes halogenated alkanes) is 62. The summed E-state index contributed by atoms with van der Waals surface area (Å²) in [5, 5.41) is 23.5. The average molecular weight is 1160 g/mol. The van der Waals surface area contributed by atoms with Crippen molar-refractivity contribution in [2.45, 2.75) is 463 Å². The summed E-state index contributed by atoms with van der Waals surface area (Å²) < 4.78 is 5.51. The highest BCUT2D eigenvalue weighted by Crippen LogP contribution is 2.20. The minimum Gasteiger partial charge on any atom is -0.466 e. The molecule has 0 fully saturated rings. The van der Waals surface area contributed by atoms with Crippen LogP contribution in [0.1, 0.15) is 450 Å². The van der Waals surface area contributed by atoms with E-state index in [4.69, 9.17) is 4.74 Å². The molecule has 0 aliphatic heterocycles. The number of amides is 1. The van der Waals surface area contributed by atoms with Crippen LogP contribution in [0.4, 0.5) is 0 Å². The predicted molar refractivity (Wildman–Crippen MR) is 361 cm³/mol. The van der Waals surface area contributed by atoms with Gasteiger partial charge in [0.2, 0.25) is 5.91 Å². The SMILES string of the molecule is CCCCCCCCCCCCCCCCCCCCCCCCCCCC(O)C(CO)NC(=O)CCCCCCCCCCCCCCCCCCCCCCCCOC(=O)CCCCCCCCCCCCCCCCCCCC. The fraction of sp³-hybridized carbons (Fsp3) is 0.974. The minimum absolute atomic E-state index is 0.0196. The van der Waals surface area contributed by atoms with E-state index in [1.165, 1.54) is 379 Å². The number of carbonyl (C=O) groups excluding carboxylic acids is 2. The lowest BCUT2D eigenvalue weighted by Crippen LogP contribution is -2.45. The van der Waals surface area contributed by atoms with Gasteiger partial charge in [-0.3, -0.25) is 9.59 Å². The Morgan fingerprint density at radius 1 is 0.293 bits per heavy atom. The lowest BCUT2D eigenvalue weighted by molar-refractivity contribution is -0.143. The Balaban J connectivity index is 3.35. The smallest absolute Gasteiger partial charge is 0.305 e. The Morgan fingerprint density at radius 2 is 0.500 bits per heavy atom. The zero-order chi connectivity index (χ0) is 59.2. The maximum atomic E-state index is 12.6. The number of carbonyl (C=O) groups is 2. The van der Waals surface area contributed by atoms with E-state index in [0.29, 0.717) is 25.9 Å². The highest BCUT2D eigenvalue weighted by atomic mass is 16.5. The summed E-state index contributed by atoms with van der Waals surface area (Å²) in [4.78, 5) is 24.7. The van der Waals surface area contributed by atoms with E-state index in [-0.39, 0.29) is 18.5 Å². The van der Waals surface area contributed by atoms with E-state index >= 15 is 0 Å². The normalized spacial score (nSPS) is 12.4. The lowest BCUT2D eigenvalue weighted by atomic mass is 10.0. The van der Waals surface area contributed by atoms with Gasteiger partial charge in [-0.15, -0.1) is 0 Å². The average Bonchev–Trinajstić information content (AvgIpc) is 3.48. The van der Waals surface area contributed by atoms with Gasteiger partial charge in [0.15, 0.2) is 0 Å². The third kappa shape index (κ3) is 68.0. The molecule has 82 heavy (non-hydrogen) atoms. The molecule has 0 heterocycles. The van der Waals surface area contributed by atoms with Crippen LogP contribution in [0.25, 0.3) is 0 Å². The summed E-state index contributed by atoms with van der Waals surface area (Å²) in [6.07, 6.45) is 88.8.